The molecule has 2 N–H and O–H groups in total. The molecular formula is C20H18N4O3. The first-order valence-electron chi connectivity index (χ1n) is 8.50. The highest BCUT2D eigenvalue weighted by atomic mass is 16.7. The zero-order valence-corrected chi connectivity index (χ0v) is 14.7. The Hall–Kier alpha value is -3.61. The van der Waals surface area contributed by atoms with Crippen molar-refractivity contribution < 1.29 is 14.3 Å². The third kappa shape index (κ3) is 3.82. The monoisotopic (exact) mass is 362 g/mol. The topological polar surface area (TPSA) is 85.4 Å². The standard InChI is InChI=1S/C20H18N4O3/c1-13-4-2-3-5-15(13)24-20(25)16-9-19(23-11-22-16)21-10-14-6-7-17-18(8-14)27-12-26-17/h2-9,11H,10,12H2,1H3,(H,24,25)(H,21,22,23). The van der Waals surface area contributed by atoms with Crippen molar-refractivity contribution in [3.05, 3.63) is 71.7 Å². The van der Waals surface area contributed by atoms with Crippen LogP contribution in [0, 0.1) is 6.92 Å². The second kappa shape index (κ2) is 7.33. The number of carbonyl (C=O) groups excluding carboxylic acids is 1. The van der Waals surface area contributed by atoms with Gasteiger partial charge in [0.2, 0.25) is 6.79 Å². The largest absolute Gasteiger partial charge is 0.454 e. The van der Waals surface area contributed by atoms with Gasteiger partial charge in [0, 0.05) is 18.3 Å². The Morgan fingerprint density at radius 2 is 1.93 bits per heavy atom. The van der Waals surface area contributed by atoms with Crippen LogP contribution in [0.15, 0.2) is 54.9 Å². The zero-order chi connectivity index (χ0) is 18.6. The number of hydrogen-bond acceptors (Lipinski definition) is 6. The van der Waals surface area contributed by atoms with Crippen molar-refractivity contribution in [1.29, 1.82) is 0 Å². The molecule has 0 saturated heterocycles. The number of carbonyl (C=O) groups is 1. The number of ether oxygens (including phenoxy) is 2. The smallest absolute Gasteiger partial charge is 0.274 e. The second-order valence-corrected chi connectivity index (χ2v) is 6.10. The number of anilines is 2. The molecule has 3 aromatic rings. The quantitative estimate of drug-likeness (QED) is 0.724. The average Bonchev–Trinajstić information content (AvgIpc) is 3.16. The van der Waals surface area contributed by atoms with E-state index in [1.54, 1.807) is 6.07 Å². The molecule has 0 fully saturated rings. The Balaban J connectivity index is 1.43. The molecule has 136 valence electrons. The highest BCUT2D eigenvalue weighted by Gasteiger charge is 2.14. The van der Waals surface area contributed by atoms with E-state index in [0.717, 1.165) is 28.3 Å². The van der Waals surface area contributed by atoms with Crippen LogP contribution in [-0.2, 0) is 6.54 Å². The molecule has 1 amide bonds. The number of rotatable bonds is 5. The fourth-order valence-corrected chi connectivity index (χ4v) is 2.72. The van der Waals surface area contributed by atoms with Crippen molar-refractivity contribution in [2.45, 2.75) is 13.5 Å². The first-order chi connectivity index (χ1) is 13.2. The predicted octanol–water partition coefficient (Wildman–Crippen LogP) is 3.38. The molecule has 1 aromatic heterocycles. The summed E-state index contributed by atoms with van der Waals surface area (Å²) in [5, 5.41) is 6.06. The van der Waals surface area contributed by atoms with Gasteiger partial charge in [-0.1, -0.05) is 24.3 Å². The molecule has 7 heteroatoms. The van der Waals surface area contributed by atoms with Gasteiger partial charge in [0.25, 0.3) is 5.91 Å². The summed E-state index contributed by atoms with van der Waals surface area (Å²) in [4.78, 5) is 20.7. The zero-order valence-electron chi connectivity index (χ0n) is 14.7. The van der Waals surface area contributed by atoms with E-state index in [9.17, 15) is 4.79 Å². The highest BCUT2D eigenvalue weighted by molar-refractivity contribution is 6.03. The maximum atomic E-state index is 12.5. The van der Waals surface area contributed by atoms with Crippen LogP contribution in [0.2, 0.25) is 0 Å². The number of aryl methyl sites for hydroxylation is 1. The van der Waals surface area contributed by atoms with Crippen LogP contribution in [0.25, 0.3) is 0 Å². The fourth-order valence-electron chi connectivity index (χ4n) is 2.72. The lowest BCUT2D eigenvalue weighted by atomic mass is 10.2. The van der Waals surface area contributed by atoms with Crippen LogP contribution >= 0.6 is 0 Å². The van der Waals surface area contributed by atoms with Gasteiger partial charge < -0.3 is 20.1 Å². The first kappa shape index (κ1) is 16.8. The number of hydrogen-bond donors (Lipinski definition) is 2. The summed E-state index contributed by atoms with van der Waals surface area (Å²) in [6.07, 6.45) is 1.37. The maximum absolute atomic E-state index is 12.5. The second-order valence-electron chi connectivity index (χ2n) is 6.10. The Morgan fingerprint density at radius 1 is 1.07 bits per heavy atom. The summed E-state index contributed by atoms with van der Waals surface area (Å²) in [7, 11) is 0. The number of nitrogens with zero attached hydrogens (tertiary/aromatic N) is 2. The fraction of sp³-hybridized carbons (Fsp3) is 0.150. The predicted molar refractivity (Wildman–Crippen MR) is 101 cm³/mol. The van der Waals surface area contributed by atoms with E-state index in [0.29, 0.717) is 18.1 Å². The van der Waals surface area contributed by atoms with Gasteiger partial charge in [-0.05, 0) is 36.2 Å². The van der Waals surface area contributed by atoms with Crippen molar-refractivity contribution in [3.8, 4) is 11.5 Å². The summed E-state index contributed by atoms with van der Waals surface area (Å²) >= 11 is 0. The van der Waals surface area contributed by atoms with Gasteiger partial charge in [0.15, 0.2) is 11.5 Å². The molecule has 4 rings (SSSR count). The molecule has 2 heterocycles. The van der Waals surface area contributed by atoms with Crippen molar-refractivity contribution in [1.82, 2.24) is 9.97 Å². The van der Waals surface area contributed by atoms with Crippen molar-refractivity contribution >= 4 is 17.4 Å². The van der Waals surface area contributed by atoms with Gasteiger partial charge >= 0.3 is 0 Å². The number of fused-ring (bicyclic) bond motifs is 1. The maximum Gasteiger partial charge on any atom is 0.274 e. The van der Waals surface area contributed by atoms with Crippen molar-refractivity contribution in [2.75, 3.05) is 17.4 Å². The van der Waals surface area contributed by atoms with Crippen LogP contribution < -0.4 is 20.1 Å². The van der Waals surface area contributed by atoms with E-state index >= 15 is 0 Å². The summed E-state index contributed by atoms with van der Waals surface area (Å²) in [6, 6.07) is 15.0. The number of benzene rings is 2. The molecule has 27 heavy (non-hydrogen) atoms. The van der Waals surface area contributed by atoms with Gasteiger partial charge in [-0.15, -0.1) is 0 Å². The number of amides is 1. The van der Waals surface area contributed by atoms with Gasteiger partial charge in [0.05, 0.1) is 0 Å². The third-order valence-corrected chi connectivity index (χ3v) is 4.20. The lowest BCUT2D eigenvalue weighted by molar-refractivity contribution is 0.102. The summed E-state index contributed by atoms with van der Waals surface area (Å²) < 4.78 is 10.7. The van der Waals surface area contributed by atoms with Crippen LogP contribution in [-0.4, -0.2) is 22.7 Å². The van der Waals surface area contributed by atoms with Gasteiger partial charge in [-0.25, -0.2) is 9.97 Å². The van der Waals surface area contributed by atoms with Crippen molar-refractivity contribution in [2.24, 2.45) is 0 Å². The Labute approximate surface area is 156 Å². The van der Waals surface area contributed by atoms with Crippen LogP contribution in [0.1, 0.15) is 21.6 Å². The summed E-state index contributed by atoms with van der Waals surface area (Å²) in [5.41, 5.74) is 3.06. The number of para-hydroxylation sites is 1. The first-order valence-corrected chi connectivity index (χ1v) is 8.50. The van der Waals surface area contributed by atoms with Crippen LogP contribution in [0.3, 0.4) is 0 Å². The Morgan fingerprint density at radius 3 is 2.81 bits per heavy atom. The lowest BCUT2D eigenvalue weighted by Crippen LogP contribution is -2.15. The van der Waals surface area contributed by atoms with Crippen LogP contribution in [0.4, 0.5) is 11.5 Å². The lowest BCUT2D eigenvalue weighted by Gasteiger charge is -2.09. The molecule has 0 atom stereocenters. The van der Waals surface area contributed by atoms with E-state index in [2.05, 4.69) is 20.6 Å². The van der Waals surface area contributed by atoms with E-state index in [1.807, 2.05) is 49.4 Å². The van der Waals surface area contributed by atoms with E-state index < -0.39 is 0 Å². The number of nitrogens with one attached hydrogen (secondary N) is 2. The third-order valence-electron chi connectivity index (χ3n) is 4.20. The van der Waals surface area contributed by atoms with Crippen molar-refractivity contribution in [3.63, 3.8) is 0 Å². The van der Waals surface area contributed by atoms with E-state index in [1.165, 1.54) is 6.33 Å². The van der Waals surface area contributed by atoms with E-state index in [4.69, 9.17) is 9.47 Å². The minimum Gasteiger partial charge on any atom is -0.454 e. The molecule has 1 aliphatic heterocycles. The van der Waals surface area contributed by atoms with Gasteiger partial charge in [0.1, 0.15) is 17.8 Å². The molecule has 7 nitrogen and oxygen atoms in total. The Bertz CT molecular complexity index is 990. The molecule has 0 aliphatic carbocycles. The molecule has 0 unspecified atom stereocenters. The molecular weight excluding hydrogens is 344 g/mol. The highest BCUT2D eigenvalue weighted by Crippen LogP contribution is 2.32. The summed E-state index contributed by atoms with van der Waals surface area (Å²) in [6.45, 7) is 2.72. The average molecular weight is 362 g/mol. The molecule has 0 bridgehead atoms. The molecule has 0 saturated carbocycles. The molecule has 1 aliphatic rings. The molecule has 0 spiro atoms. The SMILES string of the molecule is Cc1ccccc1NC(=O)c1cc(NCc2ccc3c(c2)OCO3)ncn1. The minimum atomic E-state index is -0.280. The molecule has 0 radical (unpaired) electrons. The van der Waals surface area contributed by atoms with Gasteiger partial charge in [-0.3, -0.25) is 4.79 Å². The number of aromatic nitrogens is 2. The summed E-state index contributed by atoms with van der Waals surface area (Å²) in [5.74, 6) is 1.77. The van der Waals surface area contributed by atoms with E-state index in [-0.39, 0.29) is 12.7 Å². The van der Waals surface area contributed by atoms with Gasteiger partial charge in [-0.2, -0.15) is 0 Å². The normalized spacial score (nSPS) is 11.9. The Kier molecular flexibility index (Phi) is 4.57. The molecule has 2 aromatic carbocycles. The van der Waals surface area contributed by atoms with Crippen LogP contribution in [0.5, 0.6) is 11.5 Å². The minimum absolute atomic E-state index is 0.248.